The average Bonchev–Trinajstić information content (AvgIpc) is 2.33. The first-order chi connectivity index (χ1) is 7.84. The molecule has 104 valence electrons. The number of rotatable bonds is 4. The number of benzene rings is 1. The van der Waals surface area contributed by atoms with Crippen molar-refractivity contribution in [3.05, 3.63) is 35.9 Å². The SMILES string of the molecule is Cl.Cl.NC1CCN(CCCc2ccccc2)CC1. The summed E-state index contributed by atoms with van der Waals surface area (Å²) >= 11 is 0. The van der Waals surface area contributed by atoms with Gasteiger partial charge < -0.3 is 10.6 Å². The zero-order valence-electron chi connectivity index (χ0n) is 10.8. The second kappa shape index (κ2) is 9.62. The highest BCUT2D eigenvalue weighted by Crippen LogP contribution is 2.10. The third kappa shape index (κ3) is 6.05. The molecule has 1 saturated heterocycles. The number of hydrogen-bond acceptors (Lipinski definition) is 2. The molecule has 4 heteroatoms. The Bertz CT molecular complexity index is 298. The molecule has 1 fully saturated rings. The molecule has 2 rings (SSSR count). The Morgan fingerprint density at radius 3 is 2.28 bits per heavy atom. The molecule has 1 heterocycles. The van der Waals surface area contributed by atoms with Gasteiger partial charge in [-0.05, 0) is 50.9 Å². The summed E-state index contributed by atoms with van der Waals surface area (Å²) in [6, 6.07) is 11.2. The molecular formula is C14H24Cl2N2. The van der Waals surface area contributed by atoms with Crippen molar-refractivity contribution in [2.75, 3.05) is 19.6 Å². The maximum atomic E-state index is 5.89. The zero-order valence-corrected chi connectivity index (χ0v) is 12.4. The minimum Gasteiger partial charge on any atom is -0.328 e. The van der Waals surface area contributed by atoms with Gasteiger partial charge in [-0.15, -0.1) is 24.8 Å². The Morgan fingerprint density at radius 2 is 1.67 bits per heavy atom. The first-order valence-corrected chi connectivity index (χ1v) is 6.36. The van der Waals surface area contributed by atoms with Crippen LogP contribution in [0.25, 0.3) is 0 Å². The zero-order chi connectivity index (χ0) is 11.2. The molecular weight excluding hydrogens is 267 g/mol. The molecule has 0 atom stereocenters. The van der Waals surface area contributed by atoms with E-state index in [4.69, 9.17) is 5.73 Å². The van der Waals surface area contributed by atoms with E-state index in [1.165, 1.54) is 50.9 Å². The molecule has 0 unspecified atom stereocenters. The van der Waals surface area contributed by atoms with Crippen molar-refractivity contribution >= 4 is 24.8 Å². The van der Waals surface area contributed by atoms with Crippen LogP contribution in [0.15, 0.2) is 30.3 Å². The number of likely N-dealkylation sites (tertiary alicyclic amines) is 1. The largest absolute Gasteiger partial charge is 0.328 e. The standard InChI is InChI=1S/C14H22N2.2ClH/c15-14-8-11-16(12-9-14)10-4-7-13-5-2-1-3-6-13;;/h1-3,5-6,14H,4,7-12,15H2;2*1H. The molecule has 0 amide bonds. The van der Waals surface area contributed by atoms with E-state index in [-0.39, 0.29) is 24.8 Å². The lowest BCUT2D eigenvalue weighted by Crippen LogP contribution is -2.40. The van der Waals surface area contributed by atoms with Gasteiger partial charge >= 0.3 is 0 Å². The van der Waals surface area contributed by atoms with Crippen LogP contribution < -0.4 is 5.73 Å². The molecule has 0 aliphatic carbocycles. The topological polar surface area (TPSA) is 29.3 Å². The number of aryl methyl sites for hydroxylation is 1. The van der Waals surface area contributed by atoms with Crippen LogP contribution in [0.2, 0.25) is 0 Å². The second-order valence-electron chi connectivity index (χ2n) is 4.77. The fourth-order valence-corrected chi connectivity index (χ4v) is 2.33. The van der Waals surface area contributed by atoms with Crippen molar-refractivity contribution in [1.82, 2.24) is 4.90 Å². The smallest absolute Gasteiger partial charge is 0.00631 e. The average molecular weight is 291 g/mol. The highest BCUT2D eigenvalue weighted by Gasteiger charge is 2.14. The Kier molecular flexibility index (Phi) is 9.47. The van der Waals surface area contributed by atoms with Gasteiger partial charge in [0.25, 0.3) is 0 Å². The lowest BCUT2D eigenvalue weighted by molar-refractivity contribution is 0.211. The first-order valence-electron chi connectivity index (χ1n) is 6.36. The number of piperidine rings is 1. The lowest BCUT2D eigenvalue weighted by Gasteiger charge is -2.29. The molecule has 0 radical (unpaired) electrons. The van der Waals surface area contributed by atoms with Gasteiger partial charge in [-0.1, -0.05) is 30.3 Å². The molecule has 2 nitrogen and oxygen atoms in total. The van der Waals surface area contributed by atoms with E-state index in [1.54, 1.807) is 0 Å². The number of nitrogens with two attached hydrogens (primary N) is 1. The van der Waals surface area contributed by atoms with Crippen molar-refractivity contribution in [3.63, 3.8) is 0 Å². The summed E-state index contributed by atoms with van der Waals surface area (Å²) in [4.78, 5) is 2.55. The summed E-state index contributed by atoms with van der Waals surface area (Å²) in [7, 11) is 0. The third-order valence-corrected chi connectivity index (χ3v) is 3.41. The molecule has 0 bridgehead atoms. The van der Waals surface area contributed by atoms with Crippen molar-refractivity contribution in [2.45, 2.75) is 31.7 Å². The molecule has 2 N–H and O–H groups in total. The van der Waals surface area contributed by atoms with Gasteiger partial charge in [-0.2, -0.15) is 0 Å². The second-order valence-corrected chi connectivity index (χ2v) is 4.77. The maximum absolute atomic E-state index is 5.89. The molecule has 1 aliphatic heterocycles. The van der Waals surface area contributed by atoms with Gasteiger partial charge in [0.1, 0.15) is 0 Å². The van der Waals surface area contributed by atoms with Crippen LogP contribution in [0, 0.1) is 0 Å². The van der Waals surface area contributed by atoms with Crippen molar-refractivity contribution in [3.8, 4) is 0 Å². The Hall–Kier alpha value is -0.280. The van der Waals surface area contributed by atoms with E-state index in [0.29, 0.717) is 6.04 Å². The van der Waals surface area contributed by atoms with Crippen molar-refractivity contribution in [2.24, 2.45) is 5.73 Å². The third-order valence-electron chi connectivity index (χ3n) is 3.41. The van der Waals surface area contributed by atoms with Gasteiger partial charge in [0.2, 0.25) is 0 Å². The monoisotopic (exact) mass is 290 g/mol. The van der Waals surface area contributed by atoms with Crippen LogP contribution in [0.3, 0.4) is 0 Å². The molecule has 18 heavy (non-hydrogen) atoms. The van der Waals surface area contributed by atoms with Gasteiger partial charge in [0.15, 0.2) is 0 Å². The Labute approximate surface area is 123 Å². The van der Waals surface area contributed by atoms with Gasteiger partial charge in [-0.3, -0.25) is 0 Å². The molecule has 0 aromatic heterocycles. The molecule has 1 aliphatic rings. The van der Waals surface area contributed by atoms with Crippen LogP contribution in [0.4, 0.5) is 0 Å². The van der Waals surface area contributed by atoms with Gasteiger partial charge in [0, 0.05) is 6.04 Å². The summed E-state index contributed by atoms with van der Waals surface area (Å²) in [5, 5.41) is 0. The highest BCUT2D eigenvalue weighted by molar-refractivity contribution is 5.85. The van der Waals surface area contributed by atoms with Gasteiger partial charge in [-0.25, -0.2) is 0 Å². The first kappa shape index (κ1) is 17.7. The van der Waals surface area contributed by atoms with Gasteiger partial charge in [0.05, 0.1) is 0 Å². The Morgan fingerprint density at radius 1 is 1.06 bits per heavy atom. The highest BCUT2D eigenvalue weighted by atomic mass is 35.5. The van der Waals surface area contributed by atoms with Crippen LogP contribution in [0.1, 0.15) is 24.8 Å². The van der Waals surface area contributed by atoms with Crippen LogP contribution in [-0.2, 0) is 6.42 Å². The van der Waals surface area contributed by atoms with E-state index in [9.17, 15) is 0 Å². The number of halogens is 2. The van der Waals surface area contributed by atoms with E-state index in [0.717, 1.165) is 0 Å². The predicted molar refractivity (Wildman–Crippen MR) is 82.9 cm³/mol. The normalized spacial score (nSPS) is 16.7. The Balaban J connectivity index is 0.00000144. The number of hydrogen-bond donors (Lipinski definition) is 1. The lowest BCUT2D eigenvalue weighted by atomic mass is 10.1. The summed E-state index contributed by atoms with van der Waals surface area (Å²) in [6.45, 7) is 3.60. The fraction of sp³-hybridized carbons (Fsp3) is 0.571. The van der Waals surface area contributed by atoms with E-state index in [1.807, 2.05) is 0 Å². The number of nitrogens with zero attached hydrogens (tertiary/aromatic N) is 1. The maximum Gasteiger partial charge on any atom is 0.00631 e. The van der Waals surface area contributed by atoms with E-state index in [2.05, 4.69) is 35.2 Å². The van der Waals surface area contributed by atoms with E-state index >= 15 is 0 Å². The van der Waals surface area contributed by atoms with Crippen LogP contribution in [-0.4, -0.2) is 30.6 Å². The summed E-state index contributed by atoms with van der Waals surface area (Å²) < 4.78 is 0. The summed E-state index contributed by atoms with van der Waals surface area (Å²) in [6.07, 6.45) is 4.80. The molecule has 1 aromatic rings. The fourth-order valence-electron chi connectivity index (χ4n) is 2.33. The molecule has 0 saturated carbocycles. The van der Waals surface area contributed by atoms with Crippen molar-refractivity contribution in [1.29, 1.82) is 0 Å². The minimum absolute atomic E-state index is 0. The van der Waals surface area contributed by atoms with E-state index < -0.39 is 0 Å². The quantitative estimate of drug-likeness (QED) is 0.924. The summed E-state index contributed by atoms with van der Waals surface area (Å²) in [5.74, 6) is 0. The van der Waals surface area contributed by atoms with Crippen LogP contribution >= 0.6 is 24.8 Å². The predicted octanol–water partition coefficient (Wildman–Crippen LogP) is 2.89. The summed E-state index contributed by atoms with van der Waals surface area (Å²) in [5.41, 5.74) is 7.34. The minimum atomic E-state index is 0. The van der Waals surface area contributed by atoms with Crippen molar-refractivity contribution < 1.29 is 0 Å². The molecule has 0 spiro atoms. The van der Waals surface area contributed by atoms with Crippen LogP contribution in [0.5, 0.6) is 0 Å². The molecule has 1 aromatic carbocycles.